The number of alkyl halides is 6. The molecule has 6 rings (SSSR count). The number of rotatable bonds is 7. The number of carbonyl (C=O) groups excluding carboxylic acids is 1. The molecule has 4 aliphatic carbocycles. The molecule has 0 saturated heterocycles. The molecule has 2 aromatic rings. The van der Waals surface area contributed by atoms with E-state index in [2.05, 4.69) is 25.2 Å². The monoisotopic (exact) mass is 492 g/mol. The summed E-state index contributed by atoms with van der Waals surface area (Å²) in [4.78, 5) is 15.5. The Balaban J connectivity index is 1.08. The average Bonchev–Trinajstić information content (AvgIpc) is 3.13. The summed E-state index contributed by atoms with van der Waals surface area (Å²) in [7, 11) is 0. The topological polar surface area (TPSA) is 99.4 Å². The Hall–Kier alpha value is -2.74. The maximum atomic E-state index is 12.7. The van der Waals surface area contributed by atoms with E-state index in [1.54, 1.807) is 0 Å². The van der Waals surface area contributed by atoms with Crippen LogP contribution in [-0.4, -0.2) is 51.8 Å². The third-order valence-corrected chi connectivity index (χ3v) is 6.42. The minimum absolute atomic E-state index is 0.0562. The van der Waals surface area contributed by atoms with Gasteiger partial charge < -0.3 is 14.5 Å². The lowest BCUT2D eigenvalue weighted by molar-refractivity contribution is -0.357. The smallest absolute Gasteiger partial charge is 0.420 e. The van der Waals surface area contributed by atoms with Gasteiger partial charge in [0.05, 0.1) is 23.2 Å². The molecule has 8 nitrogen and oxygen atoms in total. The Labute approximate surface area is 188 Å². The summed E-state index contributed by atoms with van der Waals surface area (Å²) in [6.07, 6.45) is -7.77. The van der Waals surface area contributed by atoms with Gasteiger partial charge in [-0.1, -0.05) is 0 Å². The van der Waals surface area contributed by atoms with Crippen LogP contribution in [0.2, 0.25) is 0 Å². The van der Waals surface area contributed by atoms with E-state index >= 15 is 0 Å². The van der Waals surface area contributed by atoms with Crippen LogP contribution in [-0.2, 0) is 25.9 Å². The maximum absolute atomic E-state index is 12.7. The van der Waals surface area contributed by atoms with E-state index in [1.165, 1.54) is 6.07 Å². The molecule has 0 atom stereocenters. The zero-order chi connectivity index (χ0) is 24.4. The van der Waals surface area contributed by atoms with Gasteiger partial charge in [0.25, 0.3) is 0 Å². The van der Waals surface area contributed by atoms with Crippen molar-refractivity contribution < 1.29 is 45.0 Å². The molecule has 1 amide bonds. The number of hydrogen-bond acceptors (Lipinski definition) is 7. The number of halogens is 6. The second-order valence-corrected chi connectivity index (χ2v) is 9.07. The first-order valence-electron chi connectivity index (χ1n) is 10.4. The van der Waals surface area contributed by atoms with Crippen LogP contribution in [0.3, 0.4) is 0 Å². The fraction of sp³-hybridized carbons (Fsp3) is 0.600. The number of ether oxygens (including phenoxy) is 2. The van der Waals surface area contributed by atoms with Crippen LogP contribution >= 0.6 is 0 Å². The second-order valence-electron chi connectivity index (χ2n) is 9.07. The average molecular weight is 492 g/mol. The molecule has 2 bridgehead atoms. The Kier molecular flexibility index (Phi) is 5.17. The van der Waals surface area contributed by atoms with E-state index in [0.717, 1.165) is 12.3 Å². The molecule has 0 unspecified atom stereocenters. The largest absolute Gasteiger partial charge is 0.522 e. The molecular weight excluding hydrogens is 474 g/mol. The normalized spacial score (nSPS) is 30.2. The third kappa shape index (κ3) is 4.35. The van der Waals surface area contributed by atoms with Crippen molar-refractivity contribution in [2.45, 2.75) is 67.8 Å². The summed E-state index contributed by atoms with van der Waals surface area (Å²) in [6.45, 7) is -0.260. The molecule has 184 valence electrons. The van der Waals surface area contributed by atoms with E-state index in [0.29, 0.717) is 25.2 Å². The summed E-state index contributed by atoms with van der Waals surface area (Å²) in [5, 5.41) is 10.8. The van der Waals surface area contributed by atoms with Gasteiger partial charge in [0, 0.05) is 24.6 Å². The lowest BCUT2D eigenvalue weighted by Crippen LogP contribution is -2.77. The molecular formula is C20H18F6N4O4. The first-order valence-corrected chi connectivity index (χ1v) is 10.4. The quantitative estimate of drug-likeness (QED) is 0.591. The van der Waals surface area contributed by atoms with E-state index in [1.807, 2.05) is 0 Å². The van der Waals surface area contributed by atoms with E-state index in [9.17, 15) is 31.1 Å². The highest BCUT2D eigenvalue weighted by Crippen LogP contribution is 2.67. The molecule has 0 aromatic carbocycles. The van der Waals surface area contributed by atoms with Crippen LogP contribution < -0.4 is 5.32 Å². The lowest BCUT2D eigenvalue weighted by atomic mass is 9.39. The third-order valence-electron chi connectivity index (χ3n) is 6.42. The van der Waals surface area contributed by atoms with Crippen LogP contribution in [0.1, 0.15) is 43.7 Å². The van der Waals surface area contributed by atoms with Gasteiger partial charge in [0.2, 0.25) is 17.7 Å². The summed E-state index contributed by atoms with van der Waals surface area (Å²) >= 11 is 0. The van der Waals surface area contributed by atoms with Gasteiger partial charge in [-0.3, -0.25) is 14.5 Å². The van der Waals surface area contributed by atoms with Crippen molar-refractivity contribution >= 4 is 5.91 Å². The van der Waals surface area contributed by atoms with E-state index < -0.39 is 41.4 Å². The van der Waals surface area contributed by atoms with E-state index in [-0.39, 0.29) is 36.8 Å². The number of aromatic nitrogens is 3. The Morgan fingerprint density at radius 1 is 1.09 bits per heavy atom. The molecule has 4 saturated carbocycles. The van der Waals surface area contributed by atoms with Crippen molar-refractivity contribution in [3.05, 3.63) is 29.9 Å². The highest BCUT2D eigenvalue weighted by Gasteiger charge is 2.71. The first-order chi connectivity index (χ1) is 15.8. The molecule has 2 aromatic heterocycles. The molecule has 0 spiro atoms. The predicted octanol–water partition coefficient (Wildman–Crippen LogP) is 3.52. The molecule has 34 heavy (non-hydrogen) atoms. The van der Waals surface area contributed by atoms with Crippen molar-refractivity contribution in [1.29, 1.82) is 0 Å². The standard InChI is InChI=1S/C20H18F6N4O4/c21-19(22,23)13-2-1-10(5-27-13)15-29-30-16(33-15)17-7-18(8-17,9-17)28-14(31)6-32-11-3-12(4-11)34-20(24,25)26/h1-2,5,11-12H,3-4,6-9H2,(H,28,31). The number of nitrogens with zero attached hydrogens (tertiary/aromatic N) is 3. The van der Waals surface area contributed by atoms with E-state index in [4.69, 9.17) is 9.15 Å². The number of hydrogen-bond donors (Lipinski definition) is 1. The Morgan fingerprint density at radius 2 is 1.79 bits per heavy atom. The zero-order valence-corrected chi connectivity index (χ0v) is 17.4. The second kappa shape index (κ2) is 7.63. The highest BCUT2D eigenvalue weighted by molar-refractivity contribution is 5.79. The fourth-order valence-electron chi connectivity index (χ4n) is 4.85. The number of carbonyl (C=O) groups is 1. The molecule has 0 aliphatic heterocycles. The van der Waals surface area contributed by atoms with Gasteiger partial charge in [-0.2, -0.15) is 13.2 Å². The van der Waals surface area contributed by atoms with Crippen molar-refractivity contribution in [3.8, 4) is 11.5 Å². The van der Waals surface area contributed by atoms with Crippen molar-refractivity contribution in [1.82, 2.24) is 20.5 Å². The molecule has 2 heterocycles. The number of pyridine rings is 1. The van der Waals surface area contributed by atoms with Crippen molar-refractivity contribution in [2.24, 2.45) is 0 Å². The van der Waals surface area contributed by atoms with Crippen LogP contribution in [0, 0.1) is 0 Å². The number of amides is 1. The molecule has 0 radical (unpaired) electrons. The van der Waals surface area contributed by atoms with Crippen LogP contribution in [0.4, 0.5) is 26.3 Å². The molecule has 1 N–H and O–H groups in total. The SMILES string of the molecule is O=C(COC1CC(OC(F)(F)F)C1)NC12CC(c3nnc(-c4ccc(C(F)(F)F)nc4)o3)(C1)C2. The highest BCUT2D eigenvalue weighted by atomic mass is 19.4. The van der Waals surface area contributed by atoms with Gasteiger partial charge >= 0.3 is 12.5 Å². The molecule has 14 heteroatoms. The lowest BCUT2D eigenvalue weighted by Gasteiger charge is -2.68. The van der Waals surface area contributed by atoms with Gasteiger partial charge in [-0.15, -0.1) is 23.4 Å². The summed E-state index contributed by atoms with van der Waals surface area (Å²) in [5.74, 6) is 0.0382. The molecule has 4 aliphatic rings. The minimum atomic E-state index is -4.68. The van der Waals surface area contributed by atoms with Gasteiger partial charge in [-0.05, 0) is 31.4 Å². The minimum Gasteiger partial charge on any atom is -0.420 e. The van der Waals surface area contributed by atoms with Crippen LogP contribution in [0.25, 0.3) is 11.5 Å². The maximum Gasteiger partial charge on any atom is 0.522 e. The van der Waals surface area contributed by atoms with Crippen LogP contribution in [0.5, 0.6) is 0 Å². The van der Waals surface area contributed by atoms with Gasteiger partial charge in [-0.25, -0.2) is 0 Å². The Bertz CT molecular complexity index is 1060. The molecule has 4 fully saturated rings. The van der Waals surface area contributed by atoms with Crippen molar-refractivity contribution in [2.75, 3.05) is 6.61 Å². The van der Waals surface area contributed by atoms with Crippen LogP contribution in [0.15, 0.2) is 22.7 Å². The predicted molar refractivity (Wildman–Crippen MR) is 98.8 cm³/mol. The summed E-state index contributed by atoms with van der Waals surface area (Å²) < 4.78 is 89.2. The number of nitrogens with one attached hydrogen (secondary N) is 1. The summed E-state index contributed by atoms with van der Waals surface area (Å²) in [5.41, 5.74) is -1.58. The first kappa shape index (κ1) is 23.0. The van der Waals surface area contributed by atoms with Crippen molar-refractivity contribution in [3.63, 3.8) is 0 Å². The van der Waals surface area contributed by atoms with Gasteiger partial charge in [0.1, 0.15) is 12.3 Å². The fourth-order valence-corrected chi connectivity index (χ4v) is 4.85. The van der Waals surface area contributed by atoms with Gasteiger partial charge in [0.15, 0.2) is 0 Å². The Morgan fingerprint density at radius 3 is 2.38 bits per heavy atom. The zero-order valence-electron chi connectivity index (χ0n) is 17.4. The summed E-state index contributed by atoms with van der Waals surface area (Å²) in [6, 6.07) is 2.04.